The van der Waals surface area contributed by atoms with Crippen molar-refractivity contribution >= 4 is 6.09 Å². The standard InChI is InChI=1S/C25H25F3N4O4/c1-14-19(13-29)22(33)32(21-10-9-17-18(21)3-2-4-20(17)25(26,27)28)23(34)31(14)16-7-5-15(6-8-16)30-11-12-36-24(30)35/h2-4,15-16,21H,5-12H2,1H3/t15?,16?,21-/m1/s1. The quantitative estimate of drug-likeness (QED) is 0.638. The molecule has 11 heteroatoms. The largest absolute Gasteiger partial charge is 0.448 e. The highest BCUT2D eigenvalue weighted by molar-refractivity contribution is 5.69. The maximum atomic E-state index is 13.8. The van der Waals surface area contributed by atoms with Gasteiger partial charge in [-0.05, 0) is 62.6 Å². The number of carbonyl (C=O) groups excluding carboxylic acids is 1. The molecule has 0 unspecified atom stereocenters. The molecule has 190 valence electrons. The Kier molecular flexibility index (Phi) is 5.93. The van der Waals surface area contributed by atoms with Crippen molar-refractivity contribution in [2.24, 2.45) is 0 Å². The minimum Gasteiger partial charge on any atom is -0.448 e. The number of benzene rings is 1. The van der Waals surface area contributed by atoms with E-state index >= 15 is 0 Å². The van der Waals surface area contributed by atoms with E-state index in [9.17, 15) is 32.8 Å². The Labute approximate surface area is 204 Å². The van der Waals surface area contributed by atoms with Crippen molar-refractivity contribution < 1.29 is 22.7 Å². The first-order valence-electron chi connectivity index (χ1n) is 12.0. The Morgan fingerprint density at radius 3 is 2.33 bits per heavy atom. The molecule has 1 aromatic carbocycles. The molecule has 2 aromatic rings. The molecule has 5 rings (SSSR count). The Balaban J connectivity index is 1.55. The second kappa shape index (κ2) is 8.84. The number of carbonyl (C=O) groups is 1. The van der Waals surface area contributed by atoms with Crippen molar-refractivity contribution in [3.8, 4) is 6.07 Å². The van der Waals surface area contributed by atoms with Crippen molar-refractivity contribution in [2.45, 2.75) is 69.8 Å². The first-order valence-corrected chi connectivity index (χ1v) is 12.0. The molecule has 1 saturated carbocycles. The third kappa shape index (κ3) is 3.79. The van der Waals surface area contributed by atoms with Crippen LogP contribution in [0.3, 0.4) is 0 Å². The second-order valence-electron chi connectivity index (χ2n) is 9.60. The first-order chi connectivity index (χ1) is 17.1. The maximum Gasteiger partial charge on any atom is 0.416 e. The normalized spacial score (nSPS) is 23.9. The van der Waals surface area contributed by atoms with Gasteiger partial charge in [-0.2, -0.15) is 18.4 Å². The minimum absolute atomic E-state index is 0.00361. The molecule has 0 bridgehead atoms. The van der Waals surface area contributed by atoms with Crippen LogP contribution in [0.1, 0.15) is 72.1 Å². The summed E-state index contributed by atoms with van der Waals surface area (Å²) in [6.07, 6.45) is -2.28. The van der Waals surface area contributed by atoms with E-state index in [1.807, 2.05) is 6.07 Å². The summed E-state index contributed by atoms with van der Waals surface area (Å²) in [6, 6.07) is 4.54. The van der Waals surface area contributed by atoms with Gasteiger partial charge in [0.05, 0.1) is 18.2 Å². The van der Waals surface area contributed by atoms with Crippen LogP contribution < -0.4 is 11.2 Å². The third-order valence-corrected chi connectivity index (χ3v) is 7.80. The lowest BCUT2D eigenvalue weighted by molar-refractivity contribution is -0.138. The Morgan fingerprint density at radius 2 is 1.72 bits per heavy atom. The Bertz CT molecular complexity index is 1380. The molecular weight excluding hydrogens is 477 g/mol. The summed E-state index contributed by atoms with van der Waals surface area (Å²) in [5, 5.41) is 9.76. The first kappa shape index (κ1) is 24.2. The van der Waals surface area contributed by atoms with Crippen molar-refractivity contribution in [3.05, 3.63) is 67.0 Å². The molecule has 8 nitrogen and oxygen atoms in total. The van der Waals surface area contributed by atoms with Crippen molar-refractivity contribution in [2.75, 3.05) is 13.2 Å². The van der Waals surface area contributed by atoms with Gasteiger partial charge in [0.2, 0.25) is 0 Å². The van der Waals surface area contributed by atoms with E-state index in [4.69, 9.17) is 4.74 Å². The molecular formula is C25H25F3N4O4. The summed E-state index contributed by atoms with van der Waals surface area (Å²) in [5.41, 5.74) is -1.70. The van der Waals surface area contributed by atoms with Gasteiger partial charge in [-0.15, -0.1) is 0 Å². The molecule has 1 aromatic heterocycles. The van der Waals surface area contributed by atoms with Gasteiger partial charge in [0.1, 0.15) is 18.2 Å². The summed E-state index contributed by atoms with van der Waals surface area (Å²) in [4.78, 5) is 40.7. The minimum atomic E-state index is -4.54. The molecule has 1 aliphatic heterocycles. The van der Waals surface area contributed by atoms with Crippen LogP contribution in [-0.4, -0.2) is 39.3 Å². The molecule has 0 radical (unpaired) electrons. The van der Waals surface area contributed by atoms with Gasteiger partial charge in [0, 0.05) is 17.8 Å². The number of nitriles is 1. The maximum absolute atomic E-state index is 13.8. The zero-order valence-electron chi connectivity index (χ0n) is 19.7. The highest BCUT2D eigenvalue weighted by atomic mass is 19.4. The summed E-state index contributed by atoms with van der Waals surface area (Å²) >= 11 is 0. The van der Waals surface area contributed by atoms with E-state index in [0.717, 1.165) is 10.6 Å². The molecule has 0 N–H and O–H groups in total. The molecule has 1 atom stereocenters. The molecule has 3 aliphatic rings. The van der Waals surface area contributed by atoms with Crippen LogP contribution in [0.15, 0.2) is 27.8 Å². The fraction of sp³-hybridized carbons (Fsp3) is 0.520. The van der Waals surface area contributed by atoms with E-state index in [-0.39, 0.29) is 47.8 Å². The zero-order valence-corrected chi connectivity index (χ0v) is 19.7. The zero-order chi connectivity index (χ0) is 25.8. The van der Waals surface area contributed by atoms with Gasteiger partial charge < -0.3 is 9.64 Å². The number of cyclic esters (lactones) is 1. The molecule has 1 amide bonds. The lowest BCUT2D eigenvalue weighted by atomic mass is 9.89. The predicted octanol–water partition coefficient (Wildman–Crippen LogP) is 3.68. The van der Waals surface area contributed by atoms with Crippen LogP contribution in [0, 0.1) is 18.3 Å². The lowest BCUT2D eigenvalue weighted by Crippen LogP contribution is -2.47. The summed E-state index contributed by atoms with van der Waals surface area (Å²) < 4.78 is 48.2. The monoisotopic (exact) mass is 502 g/mol. The van der Waals surface area contributed by atoms with Gasteiger partial charge in [0.15, 0.2) is 0 Å². The number of nitrogens with zero attached hydrogens (tertiary/aromatic N) is 4. The number of fused-ring (bicyclic) bond motifs is 1. The predicted molar refractivity (Wildman–Crippen MR) is 122 cm³/mol. The summed E-state index contributed by atoms with van der Waals surface area (Å²) in [6.45, 7) is 2.43. The number of amides is 1. The average Bonchev–Trinajstić information content (AvgIpc) is 3.45. The Hall–Kier alpha value is -3.55. The third-order valence-electron chi connectivity index (χ3n) is 7.80. The molecule has 0 spiro atoms. The van der Waals surface area contributed by atoms with Crippen molar-refractivity contribution in [1.82, 2.24) is 14.0 Å². The van der Waals surface area contributed by atoms with E-state index in [0.29, 0.717) is 44.4 Å². The van der Waals surface area contributed by atoms with Crippen LogP contribution in [0.5, 0.6) is 0 Å². The van der Waals surface area contributed by atoms with E-state index < -0.39 is 29.0 Å². The van der Waals surface area contributed by atoms with Crippen LogP contribution in [0.25, 0.3) is 0 Å². The number of rotatable bonds is 3. The van der Waals surface area contributed by atoms with Gasteiger partial charge in [-0.3, -0.25) is 13.9 Å². The highest BCUT2D eigenvalue weighted by Gasteiger charge is 2.39. The van der Waals surface area contributed by atoms with Gasteiger partial charge in [0.25, 0.3) is 5.56 Å². The molecule has 36 heavy (non-hydrogen) atoms. The van der Waals surface area contributed by atoms with Crippen molar-refractivity contribution in [1.29, 1.82) is 5.26 Å². The van der Waals surface area contributed by atoms with Gasteiger partial charge >= 0.3 is 18.0 Å². The fourth-order valence-electron chi connectivity index (χ4n) is 6.11. The molecule has 1 saturated heterocycles. The number of hydrogen-bond donors (Lipinski definition) is 0. The van der Waals surface area contributed by atoms with Gasteiger partial charge in [-0.25, -0.2) is 9.59 Å². The fourth-order valence-corrected chi connectivity index (χ4v) is 6.11. The molecule has 2 fully saturated rings. The highest BCUT2D eigenvalue weighted by Crippen LogP contribution is 2.41. The number of hydrogen-bond acceptors (Lipinski definition) is 5. The van der Waals surface area contributed by atoms with Crippen LogP contribution in [-0.2, 0) is 17.3 Å². The lowest BCUT2D eigenvalue weighted by Gasteiger charge is -2.35. The van der Waals surface area contributed by atoms with Crippen molar-refractivity contribution in [3.63, 3.8) is 0 Å². The SMILES string of the molecule is Cc1c(C#N)c(=O)n([C@@H]2CCc3c2cccc3C(F)(F)F)c(=O)n1C1CCC(N2CCOC2=O)CC1. The summed E-state index contributed by atoms with van der Waals surface area (Å²) in [5.74, 6) is 0. The van der Waals surface area contributed by atoms with Crippen LogP contribution >= 0.6 is 0 Å². The van der Waals surface area contributed by atoms with Gasteiger partial charge in [-0.1, -0.05) is 12.1 Å². The second-order valence-corrected chi connectivity index (χ2v) is 9.60. The summed E-state index contributed by atoms with van der Waals surface area (Å²) in [7, 11) is 0. The van der Waals surface area contributed by atoms with Crippen LogP contribution in [0.4, 0.5) is 18.0 Å². The number of alkyl halides is 3. The topological polar surface area (TPSA) is 97.3 Å². The number of ether oxygens (including phenoxy) is 1. The molecule has 2 heterocycles. The van der Waals surface area contributed by atoms with E-state index in [1.54, 1.807) is 11.8 Å². The Morgan fingerprint density at radius 1 is 1.03 bits per heavy atom. The van der Waals surface area contributed by atoms with E-state index in [2.05, 4.69) is 0 Å². The van der Waals surface area contributed by atoms with E-state index in [1.165, 1.54) is 16.7 Å². The average molecular weight is 502 g/mol. The number of aromatic nitrogens is 2. The number of halogens is 3. The smallest absolute Gasteiger partial charge is 0.416 e. The molecule has 2 aliphatic carbocycles. The van der Waals surface area contributed by atoms with Crippen LogP contribution in [0.2, 0.25) is 0 Å².